The summed E-state index contributed by atoms with van der Waals surface area (Å²) in [7, 11) is 6.35. The molecule has 1 fully saturated rings. The third kappa shape index (κ3) is 5.19. The average molecular weight is 548 g/mol. The Kier molecular flexibility index (Phi) is 8.14. The van der Waals surface area contributed by atoms with Crippen LogP contribution in [0.3, 0.4) is 0 Å². The smallest absolute Gasteiger partial charge is 0.315 e. The molecule has 0 saturated heterocycles. The summed E-state index contributed by atoms with van der Waals surface area (Å²) in [5, 5.41) is 0. The first-order chi connectivity index (χ1) is 19.4. The summed E-state index contributed by atoms with van der Waals surface area (Å²) in [6.45, 7) is 1.86. The van der Waals surface area contributed by atoms with Crippen LogP contribution in [0, 0.1) is 5.92 Å². The first kappa shape index (κ1) is 27.7. The molecule has 8 heteroatoms. The van der Waals surface area contributed by atoms with E-state index in [4.69, 9.17) is 28.7 Å². The number of benzene rings is 2. The van der Waals surface area contributed by atoms with E-state index in [2.05, 4.69) is 0 Å². The lowest BCUT2D eigenvalue weighted by atomic mass is 9.69. The quantitative estimate of drug-likeness (QED) is 0.387. The molecule has 8 nitrogen and oxygen atoms in total. The Hall–Kier alpha value is -3.81. The second kappa shape index (κ2) is 11.7. The number of methoxy groups -OCH3 is 4. The molecule has 5 rings (SSSR count). The third-order valence-corrected chi connectivity index (χ3v) is 8.37. The number of carbonyl (C=O) groups excluding carboxylic acids is 2. The maximum atomic E-state index is 14.0. The van der Waals surface area contributed by atoms with Crippen LogP contribution in [0.25, 0.3) is 0 Å². The highest BCUT2D eigenvalue weighted by atomic mass is 16.5. The van der Waals surface area contributed by atoms with Gasteiger partial charge in [-0.2, -0.15) is 0 Å². The fraction of sp³-hybridized carbons (Fsp3) is 0.469. The Labute approximate surface area is 235 Å². The molecule has 1 saturated carbocycles. The lowest BCUT2D eigenvalue weighted by Gasteiger charge is -2.37. The summed E-state index contributed by atoms with van der Waals surface area (Å²) in [6.07, 6.45) is 4.64. The summed E-state index contributed by atoms with van der Waals surface area (Å²) in [5.74, 6) is 0.733. The number of aliphatic imine (C=N–C) groups is 1. The van der Waals surface area contributed by atoms with Crippen LogP contribution < -0.4 is 18.9 Å². The van der Waals surface area contributed by atoms with Gasteiger partial charge in [-0.25, -0.2) is 0 Å². The SMILES string of the molecule is COc1ccc([C@@H]2CC(=O)C3=C(C2)N=C(C)C(C(=O)OC2CCCC2)[C@@H]3c2ccc(OC)c(OC)c2)cc1OC. The second-order valence-corrected chi connectivity index (χ2v) is 10.7. The molecular formula is C32H37NO7. The number of ether oxygens (including phenoxy) is 5. The zero-order valence-electron chi connectivity index (χ0n) is 23.8. The standard InChI is InChI=1S/C32H37NO7/c1-18-29(32(35)40-22-8-6-7-9-22)30(20-11-13-26(37-3)28(17-20)39-5)31-23(33-18)14-21(15-24(31)34)19-10-12-25(36-2)27(16-19)38-4/h10-13,16-17,21-22,29-30H,6-9,14-15H2,1-5H3/t21-,29?,30-/m0/s1. The third-order valence-electron chi connectivity index (χ3n) is 8.37. The monoisotopic (exact) mass is 547 g/mol. The Morgan fingerprint density at radius 2 is 1.38 bits per heavy atom. The molecule has 0 amide bonds. The Bertz CT molecular complexity index is 1360. The fourth-order valence-corrected chi connectivity index (χ4v) is 6.36. The molecule has 2 aromatic carbocycles. The van der Waals surface area contributed by atoms with Gasteiger partial charge >= 0.3 is 5.97 Å². The predicted octanol–water partition coefficient (Wildman–Crippen LogP) is 5.78. The number of carbonyl (C=O) groups is 2. The van der Waals surface area contributed by atoms with Crippen molar-refractivity contribution in [3.8, 4) is 23.0 Å². The number of allylic oxidation sites excluding steroid dienone is 2. The molecular weight excluding hydrogens is 510 g/mol. The van der Waals surface area contributed by atoms with E-state index in [9.17, 15) is 9.59 Å². The van der Waals surface area contributed by atoms with Crippen LogP contribution in [0.4, 0.5) is 0 Å². The van der Waals surface area contributed by atoms with Crippen molar-refractivity contribution in [2.45, 2.75) is 63.4 Å². The van der Waals surface area contributed by atoms with Crippen LogP contribution in [0.15, 0.2) is 52.7 Å². The van der Waals surface area contributed by atoms with Crippen molar-refractivity contribution in [2.24, 2.45) is 10.9 Å². The molecule has 3 aliphatic rings. The van der Waals surface area contributed by atoms with Crippen molar-refractivity contribution in [1.82, 2.24) is 0 Å². The van der Waals surface area contributed by atoms with Crippen LogP contribution in [0.5, 0.6) is 23.0 Å². The number of rotatable bonds is 8. The van der Waals surface area contributed by atoms with Crippen LogP contribution >= 0.6 is 0 Å². The zero-order valence-corrected chi connectivity index (χ0v) is 23.8. The van der Waals surface area contributed by atoms with Crippen molar-refractivity contribution >= 4 is 17.5 Å². The number of hydrogen-bond acceptors (Lipinski definition) is 8. The minimum atomic E-state index is -0.695. The van der Waals surface area contributed by atoms with Crippen LogP contribution in [0.2, 0.25) is 0 Å². The maximum Gasteiger partial charge on any atom is 0.315 e. The highest BCUT2D eigenvalue weighted by Crippen LogP contribution is 2.48. The van der Waals surface area contributed by atoms with Crippen molar-refractivity contribution in [1.29, 1.82) is 0 Å². The van der Waals surface area contributed by atoms with E-state index in [0.717, 1.165) is 42.5 Å². The van der Waals surface area contributed by atoms with E-state index in [1.54, 1.807) is 28.4 Å². The summed E-state index contributed by atoms with van der Waals surface area (Å²) < 4.78 is 27.9. The van der Waals surface area contributed by atoms with E-state index in [1.165, 1.54) is 0 Å². The van der Waals surface area contributed by atoms with Gasteiger partial charge in [-0.1, -0.05) is 12.1 Å². The van der Waals surface area contributed by atoms with Crippen molar-refractivity contribution in [3.05, 3.63) is 58.8 Å². The molecule has 0 aromatic heterocycles. The lowest BCUT2D eigenvalue weighted by Crippen LogP contribution is -2.39. The van der Waals surface area contributed by atoms with Gasteiger partial charge in [0.25, 0.3) is 0 Å². The Balaban J connectivity index is 1.56. The summed E-state index contributed by atoms with van der Waals surface area (Å²) in [6, 6.07) is 11.3. The van der Waals surface area contributed by atoms with E-state index < -0.39 is 11.8 Å². The van der Waals surface area contributed by atoms with Gasteiger partial charge in [0.15, 0.2) is 28.8 Å². The van der Waals surface area contributed by atoms with E-state index >= 15 is 0 Å². The van der Waals surface area contributed by atoms with E-state index in [-0.39, 0.29) is 23.8 Å². The molecule has 2 aromatic rings. The van der Waals surface area contributed by atoms with Gasteiger partial charge in [-0.05, 0) is 80.3 Å². The number of ketones is 1. The molecule has 0 N–H and O–H groups in total. The number of nitrogens with zero attached hydrogens (tertiary/aromatic N) is 1. The van der Waals surface area contributed by atoms with Crippen molar-refractivity contribution < 1.29 is 33.3 Å². The number of hydrogen-bond donors (Lipinski definition) is 0. The van der Waals surface area contributed by atoms with Crippen LogP contribution in [-0.4, -0.2) is 52.0 Å². The molecule has 1 unspecified atom stereocenters. The topological polar surface area (TPSA) is 92.7 Å². The van der Waals surface area contributed by atoms with E-state index in [1.807, 2.05) is 43.3 Å². The molecule has 0 radical (unpaired) electrons. The maximum absolute atomic E-state index is 14.0. The molecule has 0 bridgehead atoms. The summed E-state index contributed by atoms with van der Waals surface area (Å²) >= 11 is 0. The Morgan fingerprint density at radius 3 is 1.98 bits per heavy atom. The highest BCUT2D eigenvalue weighted by molar-refractivity contribution is 6.09. The largest absolute Gasteiger partial charge is 0.493 e. The molecule has 2 aliphatic carbocycles. The fourth-order valence-electron chi connectivity index (χ4n) is 6.36. The van der Waals surface area contributed by atoms with Gasteiger partial charge in [0, 0.05) is 29.3 Å². The van der Waals surface area contributed by atoms with Crippen molar-refractivity contribution in [2.75, 3.05) is 28.4 Å². The molecule has 1 heterocycles. The predicted molar refractivity (Wildman–Crippen MR) is 151 cm³/mol. The van der Waals surface area contributed by atoms with Gasteiger partial charge in [0.2, 0.25) is 0 Å². The summed E-state index contributed by atoms with van der Waals surface area (Å²) in [4.78, 5) is 32.6. The molecule has 212 valence electrons. The summed E-state index contributed by atoms with van der Waals surface area (Å²) in [5.41, 5.74) is 3.74. The number of esters is 1. The van der Waals surface area contributed by atoms with Gasteiger partial charge in [-0.3, -0.25) is 14.6 Å². The minimum absolute atomic E-state index is 0.0178. The molecule has 40 heavy (non-hydrogen) atoms. The van der Waals surface area contributed by atoms with Gasteiger partial charge in [-0.15, -0.1) is 0 Å². The first-order valence-corrected chi connectivity index (χ1v) is 13.8. The van der Waals surface area contributed by atoms with Gasteiger partial charge in [0.1, 0.15) is 12.0 Å². The van der Waals surface area contributed by atoms with Crippen LogP contribution in [0.1, 0.15) is 68.4 Å². The van der Waals surface area contributed by atoms with Gasteiger partial charge in [0.05, 0.1) is 28.4 Å². The molecule has 0 spiro atoms. The lowest BCUT2D eigenvalue weighted by molar-refractivity contribution is -0.151. The molecule has 3 atom stereocenters. The van der Waals surface area contributed by atoms with Crippen molar-refractivity contribution in [3.63, 3.8) is 0 Å². The Morgan fingerprint density at radius 1 is 0.800 bits per heavy atom. The zero-order chi connectivity index (χ0) is 28.4. The molecule has 1 aliphatic heterocycles. The average Bonchev–Trinajstić information content (AvgIpc) is 3.48. The minimum Gasteiger partial charge on any atom is -0.493 e. The second-order valence-electron chi connectivity index (χ2n) is 10.7. The van der Waals surface area contributed by atoms with E-state index in [0.29, 0.717) is 47.1 Å². The first-order valence-electron chi connectivity index (χ1n) is 13.8. The highest BCUT2D eigenvalue weighted by Gasteiger charge is 2.45. The van der Waals surface area contributed by atoms with Crippen LogP contribution in [-0.2, 0) is 14.3 Å². The normalized spacial score (nSPS) is 22.9. The van der Waals surface area contributed by atoms with Gasteiger partial charge < -0.3 is 23.7 Å². The number of Topliss-reactive ketones (excluding diaryl/α,β-unsaturated/α-hetero) is 1.